The molecule has 1 aromatic heterocycles. The molecule has 0 atom stereocenters. The van der Waals surface area contributed by atoms with Crippen molar-refractivity contribution in [1.29, 1.82) is 0 Å². The van der Waals surface area contributed by atoms with Crippen LogP contribution < -0.4 is 0 Å². The molecule has 0 amide bonds. The number of furan rings is 1. The first-order valence-corrected chi connectivity index (χ1v) is 4.00. The minimum Gasteiger partial charge on any atom is -0.504 e. The van der Waals surface area contributed by atoms with Gasteiger partial charge in [-0.25, -0.2) is 0 Å². The summed E-state index contributed by atoms with van der Waals surface area (Å²) in [7, 11) is 0. The van der Waals surface area contributed by atoms with Crippen LogP contribution in [0.2, 0.25) is 0 Å². The van der Waals surface area contributed by atoms with Gasteiger partial charge in [0.25, 0.3) is 0 Å². The Kier molecular flexibility index (Phi) is 2.22. The predicted molar refractivity (Wildman–Crippen MR) is 43.9 cm³/mol. The molecule has 11 heavy (non-hydrogen) atoms. The third-order valence-corrected chi connectivity index (χ3v) is 1.91. The van der Waals surface area contributed by atoms with Crippen molar-refractivity contribution in [2.24, 2.45) is 0 Å². The van der Waals surface area contributed by atoms with E-state index in [1.807, 2.05) is 13.8 Å². The van der Waals surface area contributed by atoms with Gasteiger partial charge in [-0.1, -0.05) is 13.8 Å². The molecule has 0 spiro atoms. The van der Waals surface area contributed by atoms with Gasteiger partial charge in [-0.05, 0) is 13.3 Å². The number of aryl methyl sites for hydroxylation is 2. The average Bonchev–Trinajstić information content (AvgIpc) is 2.28. The van der Waals surface area contributed by atoms with Crippen LogP contribution in [0.15, 0.2) is 4.42 Å². The van der Waals surface area contributed by atoms with E-state index >= 15 is 0 Å². The number of hydrogen-bond donors (Lipinski definition) is 1. The minimum atomic E-state index is 0.337. The first-order valence-electron chi connectivity index (χ1n) is 4.00. The van der Waals surface area contributed by atoms with Crippen LogP contribution in [-0.4, -0.2) is 5.11 Å². The molecule has 0 aliphatic heterocycles. The lowest BCUT2D eigenvalue weighted by atomic mass is 10.1. The van der Waals surface area contributed by atoms with Crippen LogP contribution >= 0.6 is 0 Å². The van der Waals surface area contributed by atoms with Crippen molar-refractivity contribution < 1.29 is 9.52 Å². The summed E-state index contributed by atoms with van der Waals surface area (Å²) >= 11 is 0. The van der Waals surface area contributed by atoms with Crippen LogP contribution in [0, 0.1) is 6.92 Å². The Morgan fingerprint density at radius 3 is 2.27 bits per heavy atom. The molecule has 62 valence electrons. The fraction of sp³-hybridized carbons (Fsp3) is 0.556. The molecule has 0 saturated heterocycles. The maximum atomic E-state index is 9.46. The van der Waals surface area contributed by atoms with Gasteiger partial charge in [-0.2, -0.15) is 0 Å². The summed E-state index contributed by atoms with van der Waals surface area (Å²) in [5.74, 6) is 1.89. The van der Waals surface area contributed by atoms with Gasteiger partial charge >= 0.3 is 0 Å². The molecule has 0 unspecified atom stereocenters. The first-order chi connectivity index (χ1) is 5.20. The second kappa shape index (κ2) is 2.99. The Morgan fingerprint density at radius 1 is 1.27 bits per heavy atom. The molecule has 0 aromatic carbocycles. The lowest BCUT2D eigenvalue weighted by Gasteiger charge is -1.93. The molecule has 0 fully saturated rings. The van der Waals surface area contributed by atoms with Crippen LogP contribution in [0.25, 0.3) is 0 Å². The highest BCUT2D eigenvalue weighted by Gasteiger charge is 2.12. The largest absolute Gasteiger partial charge is 0.504 e. The summed E-state index contributed by atoms with van der Waals surface area (Å²) in [5.41, 5.74) is 0.963. The summed E-state index contributed by atoms with van der Waals surface area (Å²) in [6, 6.07) is 0. The Morgan fingerprint density at radius 2 is 1.91 bits per heavy atom. The lowest BCUT2D eigenvalue weighted by molar-refractivity contribution is 0.433. The van der Waals surface area contributed by atoms with Crippen LogP contribution in [0.3, 0.4) is 0 Å². The first kappa shape index (κ1) is 8.18. The quantitative estimate of drug-likeness (QED) is 0.709. The van der Waals surface area contributed by atoms with E-state index in [0.717, 1.165) is 24.2 Å². The molecule has 1 N–H and O–H groups in total. The molecule has 0 radical (unpaired) electrons. The van der Waals surface area contributed by atoms with Gasteiger partial charge in [-0.15, -0.1) is 0 Å². The fourth-order valence-electron chi connectivity index (χ4n) is 1.29. The summed E-state index contributed by atoms with van der Waals surface area (Å²) in [4.78, 5) is 0. The maximum absolute atomic E-state index is 9.46. The van der Waals surface area contributed by atoms with Crippen molar-refractivity contribution in [1.82, 2.24) is 0 Å². The molecule has 0 aliphatic carbocycles. The number of aromatic hydroxyl groups is 1. The Labute approximate surface area is 66.8 Å². The van der Waals surface area contributed by atoms with Crippen LogP contribution in [-0.2, 0) is 12.8 Å². The maximum Gasteiger partial charge on any atom is 0.160 e. The molecule has 1 heterocycles. The highest BCUT2D eigenvalue weighted by atomic mass is 16.4. The average molecular weight is 154 g/mol. The molecule has 1 aromatic rings. The monoisotopic (exact) mass is 154 g/mol. The van der Waals surface area contributed by atoms with Crippen molar-refractivity contribution in [2.45, 2.75) is 33.6 Å². The summed E-state index contributed by atoms with van der Waals surface area (Å²) < 4.78 is 5.34. The molecule has 2 heteroatoms. The van der Waals surface area contributed by atoms with Gasteiger partial charge in [0.05, 0.1) is 0 Å². The molecular weight excluding hydrogens is 140 g/mol. The fourth-order valence-corrected chi connectivity index (χ4v) is 1.29. The molecule has 0 saturated carbocycles. The van der Waals surface area contributed by atoms with E-state index in [2.05, 4.69) is 0 Å². The van der Waals surface area contributed by atoms with Gasteiger partial charge in [0.15, 0.2) is 5.75 Å². The second-order valence-electron chi connectivity index (χ2n) is 2.62. The second-order valence-corrected chi connectivity index (χ2v) is 2.62. The Bertz CT molecular complexity index is 248. The minimum absolute atomic E-state index is 0.337. The highest BCUT2D eigenvalue weighted by molar-refractivity contribution is 5.38. The summed E-state index contributed by atoms with van der Waals surface area (Å²) in [5, 5.41) is 9.46. The smallest absolute Gasteiger partial charge is 0.160 e. The van der Waals surface area contributed by atoms with E-state index in [0.29, 0.717) is 11.5 Å². The Hall–Kier alpha value is -0.920. The third kappa shape index (κ3) is 1.25. The van der Waals surface area contributed by atoms with E-state index < -0.39 is 0 Å². The van der Waals surface area contributed by atoms with Gasteiger partial charge in [0.2, 0.25) is 0 Å². The van der Waals surface area contributed by atoms with Gasteiger partial charge < -0.3 is 9.52 Å². The molecule has 1 rings (SSSR count). The van der Waals surface area contributed by atoms with Crippen LogP contribution in [0.5, 0.6) is 5.75 Å². The molecule has 0 aliphatic rings. The van der Waals surface area contributed by atoms with Crippen molar-refractivity contribution in [3.8, 4) is 5.75 Å². The number of rotatable bonds is 2. The van der Waals surface area contributed by atoms with Crippen molar-refractivity contribution in [3.63, 3.8) is 0 Å². The topological polar surface area (TPSA) is 33.4 Å². The van der Waals surface area contributed by atoms with Gasteiger partial charge in [0.1, 0.15) is 11.5 Å². The van der Waals surface area contributed by atoms with E-state index in [1.165, 1.54) is 0 Å². The van der Waals surface area contributed by atoms with Crippen molar-refractivity contribution >= 4 is 0 Å². The van der Waals surface area contributed by atoms with Crippen molar-refractivity contribution in [2.75, 3.05) is 0 Å². The molecule has 0 bridgehead atoms. The standard InChI is InChI=1S/C9H14O2/c1-4-7-8(5-2)11-6(3)9(7)10/h10H,4-5H2,1-3H3. The molecule has 2 nitrogen and oxygen atoms in total. The van der Waals surface area contributed by atoms with Gasteiger partial charge in [-0.3, -0.25) is 0 Å². The third-order valence-electron chi connectivity index (χ3n) is 1.91. The zero-order valence-electron chi connectivity index (χ0n) is 7.27. The molecular formula is C9H14O2. The highest BCUT2D eigenvalue weighted by Crippen LogP contribution is 2.29. The van der Waals surface area contributed by atoms with E-state index in [-0.39, 0.29) is 0 Å². The van der Waals surface area contributed by atoms with Crippen molar-refractivity contribution in [3.05, 3.63) is 17.1 Å². The van der Waals surface area contributed by atoms with Crippen LogP contribution in [0.4, 0.5) is 0 Å². The normalized spacial score (nSPS) is 10.5. The lowest BCUT2D eigenvalue weighted by Crippen LogP contribution is -1.83. The number of hydrogen-bond acceptors (Lipinski definition) is 2. The van der Waals surface area contributed by atoms with E-state index in [4.69, 9.17) is 4.42 Å². The zero-order valence-corrected chi connectivity index (χ0v) is 7.27. The van der Waals surface area contributed by atoms with E-state index in [9.17, 15) is 5.11 Å². The van der Waals surface area contributed by atoms with Crippen LogP contribution in [0.1, 0.15) is 30.9 Å². The summed E-state index contributed by atoms with van der Waals surface area (Å²) in [6.45, 7) is 5.83. The van der Waals surface area contributed by atoms with Gasteiger partial charge in [0, 0.05) is 12.0 Å². The predicted octanol–water partition coefficient (Wildman–Crippen LogP) is 2.42. The Balaban J connectivity index is 3.15. The zero-order chi connectivity index (χ0) is 8.43. The SMILES string of the molecule is CCc1oc(C)c(O)c1CC. The van der Waals surface area contributed by atoms with E-state index in [1.54, 1.807) is 6.92 Å². The summed E-state index contributed by atoms with van der Waals surface area (Å²) in [6.07, 6.45) is 1.69.